The van der Waals surface area contributed by atoms with Crippen molar-refractivity contribution in [1.29, 1.82) is 0 Å². The number of hydrogen-bond donors (Lipinski definition) is 0. The van der Waals surface area contributed by atoms with E-state index >= 15 is 0 Å². The third-order valence-electron chi connectivity index (χ3n) is 6.53. The standard InChI is InChI=1S/C26H28N2O2/c29-26(24-10-9-21-3-1-2-4-23(21)18-24)28-14-11-20(12-15-28)17-19-5-7-22(8-6-19)25-27-13-16-30-25/h1-8,17,24H,9-16,18H2. The maximum absolute atomic E-state index is 13.1. The van der Waals surface area contributed by atoms with Crippen molar-refractivity contribution in [2.75, 3.05) is 26.2 Å². The summed E-state index contributed by atoms with van der Waals surface area (Å²) < 4.78 is 5.53. The molecular formula is C26H28N2O2. The molecule has 1 aliphatic carbocycles. The molecule has 0 saturated carbocycles. The minimum Gasteiger partial charge on any atom is -0.476 e. The molecule has 0 spiro atoms. The van der Waals surface area contributed by atoms with Gasteiger partial charge in [-0.25, -0.2) is 4.99 Å². The Morgan fingerprint density at radius 3 is 2.50 bits per heavy atom. The lowest BCUT2D eigenvalue weighted by Gasteiger charge is -2.33. The fourth-order valence-electron chi connectivity index (χ4n) is 4.79. The lowest BCUT2D eigenvalue weighted by Crippen LogP contribution is -2.41. The van der Waals surface area contributed by atoms with Gasteiger partial charge in [-0.3, -0.25) is 4.79 Å². The molecule has 1 atom stereocenters. The fraction of sp³-hybridized carbons (Fsp3) is 0.385. The minimum absolute atomic E-state index is 0.152. The molecule has 0 radical (unpaired) electrons. The van der Waals surface area contributed by atoms with Crippen molar-refractivity contribution >= 4 is 17.9 Å². The van der Waals surface area contributed by atoms with Crippen LogP contribution in [-0.2, 0) is 22.4 Å². The Morgan fingerprint density at radius 2 is 1.77 bits per heavy atom. The van der Waals surface area contributed by atoms with Crippen LogP contribution in [0.1, 0.15) is 41.5 Å². The van der Waals surface area contributed by atoms with Gasteiger partial charge < -0.3 is 9.64 Å². The molecule has 1 amide bonds. The van der Waals surface area contributed by atoms with Crippen LogP contribution in [-0.4, -0.2) is 42.9 Å². The zero-order valence-electron chi connectivity index (χ0n) is 17.3. The third kappa shape index (κ3) is 4.04. The normalized spacial score (nSPS) is 20.9. The van der Waals surface area contributed by atoms with Crippen LogP contribution < -0.4 is 0 Å². The molecule has 2 heterocycles. The minimum atomic E-state index is 0.152. The maximum Gasteiger partial charge on any atom is 0.226 e. The molecule has 0 N–H and O–H groups in total. The number of piperidine rings is 1. The topological polar surface area (TPSA) is 41.9 Å². The second kappa shape index (κ2) is 8.47. The van der Waals surface area contributed by atoms with Gasteiger partial charge in [0.25, 0.3) is 0 Å². The van der Waals surface area contributed by atoms with Gasteiger partial charge in [0.05, 0.1) is 6.54 Å². The number of carbonyl (C=O) groups is 1. The summed E-state index contributed by atoms with van der Waals surface area (Å²) in [7, 11) is 0. The van der Waals surface area contributed by atoms with Crippen molar-refractivity contribution < 1.29 is 9.53 Å². The summed E-state index contributed by atoms with van der Waals surface area (Å²) >= 11 is 0. The van der Waals surface area contributed by atoms with E-state index in [1.165, 1.54) is 22.3 Å². The monoisotopic (exact) mass is 400 g/mol. The van der Waals surface area contributed by atoms with E-state index < -0.39 is 0 Å². The second-order valence-corrected chi connectivity index (χ2v) is 8.49. The van der Waals surface area contributed by atoms with Gasteiger partial charge in [-0.2, -0.15) is 0 Å². The number of fused-ring (bicyclic) bond motifs is 1. The molecule has 4 heteroatoms. The first-order valence-corrected chi connectivity index (χ1v) is 11.1. The molecule has 3 aliphatic rings. The zero-order chi connectivity index (χ0) is 20.3. The van der Waals surface area contributed by atoms with Crippen molar-refractivity contribution in [3.8, 4) is 0 Å². The first kappa shape index (κ1) is 19.1. The summed E-state index contributed by atoms with van der Waals surface area (Å²) in [5.74, 6) is 1.26. The molecule has 2 aromatic rings. The third-order valence-corrected chi connectivity index (χ3v) is 6.53. The van der Waals surface area contributed by atoms with Gasteiger partial charge in [-0.1, -0.05) is 48.0 Å². The highest BCUT2D eigenvalue weighted by Crippen LogP contribution is 2.28. The Bertz CT molecular complexity index is 980. The van der Waals surface area contributed by atoms with Crippen molar-refractivity contribution in [3.63, 3.8) is 0 Å². The van der Waals surface area contributed by atoms with E-state index in [-0.39, 0.29) is 5.92 Å². The van der Waals surface area contributed by atoms with E-state index in [0.717, 1.165) is 63.2 Å². The lowest BCUT2D eigenvalue weighted by atomic mass is 9.83. The number of benzene rings is 2. The number of likely N-dealkylation sites (tertiary alicyclic amines) is 1. The predicted molar refractivity (Wildman–Crippen MR) is 120 cm³/mol. The van der Waals surface area contributed by atoms with Crippen LogP contribution in [0.2, 0.25) is 0 Å². The van der Waals surface area contributed by atoms with Gasteiger partial charge in [-0.05, 0) is 60.9 Å². The molecule has 2 aliphatic heterocycles. The SMILES string of the molecule is O=C(C1CCc2ccccc2C1)N1CCC(=Cc2ccc(C3=NCCO3)cc2)CC1. The van der Waals surface area contributed by atoms with Crippen molar-refractivity contribution in [2.24, 2.45) is 10.9 Å². The number of rotatable bonds is 3. The number of carbonyl (C=O) groups excluding carboxylic acids is 1. The Morgan fingerprint density at radius 1 is 1.00 bits per heavy atom. The lowest BCUT2D eigenvalue weighted by molar-refractivity contribution is -0.136. The van der Waals surface area contributed by atoms with Crippen LogP contribution in [0.3, 0.4) is 0 Å². The van der Waals surface area contributed by atoms with E-state index in [1.807, 2.05) is 0 Å². The van der Waals surface area contributed by atoms with Crippen LogP contribution >= 0.6 is 0 Å². The summed E-state index contributed by atoms with van der Waals surface area (Å²) in [6.45, 7) is 3.12. The first-order valence-electron chi connectivity index (χ1n) is 11.1. The van der Waals surface area contributed by atoms with Crippen molar-refractivity contribution in [3.05, 3.63) is 76.4 Å². The maximum atomic E-state index is 13.1. The summed E-state index contributed by atoms with van der Waals surface area (Å²) in [4.78, 5) is 19.5. The Hall–Kier alpha value is -2.88. The molecule has 1 saturated heterocycles. The van der Waals surface area contributed by atoms with Crippen LogP contribution in [0.4, 0.5) is 0 Å². The number of aliphatic imine (C=N–C) groups is 1. The number of amides is 1. The van der Waals surface area contributed by atoms with Gasteiger partial charge in [0.15, 0.2) is 0 Å². The van der Waals surface area contributed by atoms with Gasteiger partial charge >= 0.3 is 0 Å². The first-order chi connectivity index (χ1) is 14.8. The van der Waals surface area contributed by atoms with Crippen LogP contribution in [0.5, 0.6) is 0 Å². The van der Waals surface area contributed by atoms with Gasteiger partial charge in [0.2, 0.25) is 11.8 Å². The summed E-state index contributed by atoms with van der Waals surface area (Å²) in [6.07, 6.45) is 7.12. The van der Waals surface area contributed by atoms with Gasteiger partial charge in [0, 0.05) is 24.6 Å². The highest BCUT2D eigenvalue weighted by atomic mass is 16.5. The highest BCUT2D eigenvalue weighted by molar-refractivity contribution is 5.95. The van der Waals surface area contributed by atoms with E-state index in [2.05, 4.69) is 64.5 Å². The summed E-state index contributed by atoms with van der Waals surface area (Å²) in [6, 6.07) is 17.0. The molecular weight excluding hydrogens is 372 g/mol. The quantitative estimate of drug-likeness (QED) is 0.772. The van der Waals surface area contributed by atoms with E-state index in [4.69, 9.17) is 4.74 Å². The molecule has 1 unspecified atom stereocenters. The molecule has 1 fully saturated rings. The van der Waals surface area contributed by atoms with E-state index in [0.29, 0.717) is 12.5 Å². The predicted octanol–water partition coefficient (Wildman–Crippen LogP) is 4.27. The van der Waals surface area contributed by atoms with E-state index in [9.17, 15) is 4.79 Å². The van der Waals surface area contributed by atoms with Crippen LogP contribution in [0.25, 0.3) is 6.08 Å². The highest BCUT2D eigenvalue weighted by Gasteiger charge is 2.29. The van der Waals surface area contributed by atoms with Crippen LogP contribution in [0.15, 0.2) is 59.1 Å². The number of hydrogen-bond acceptors (Lipinski definition) is 3. The molecule has 154 valence electrons. The average Bonchev–Trinajstić information content (AvgIpc) is 3.34. The van der Waals surface area contributed by atoms with Gasteiger partial charge in [0.1, 0.15) is 6.61 Å². The molecule has 5 rings (SSSR count). The zero-order valence-corrected chi connectivity index (χ0v) is 17.3. The van der Waals surface area contributed by atoms with Crippen LogP contribution in [0, 0.1) is 5.92 Å². The second-order valence-electron chi connectivity index (χ2n) is 8.49. The average molecular weight is 401 g/mol. The number of ether oxygens (including phenoxy) is 1. The Kier molecular flexibility index (Phi) is 5.39. The molecule has 0 aromatic heterocycles. The largest absolute Gasteiger partial charge is 0.476 e. The summed E-state index contributed by atoms with van der Waals surface area (Å²) in [5.41, 5.74) is 6.45. The molecule has 2 aromatic carbocycles. The van der Waals surface area contributed by atoms with Gasteiger partial charge in [-0.15, -0.1) is 0 Å². The molecule has 30 heavy (non-hydrogen) atoms. The Balaban J connectivity index is 1.17. The number of aryl methyl sites for hydroxylation is 1. The van der Waals surface area contributed by atoms with E-state index in [1.54, 1.807) is 0 Å². The van der Waals surface area contributed by atoms with Crippen molar-refractivity contribution in [1.82, 2.24) is 4.90 Å². The molecule has 0 bridgehead atoms. The number of nitrogens with zero attached hydrogens (tertiary/aromatic N) is 2. The summed E-state index contributed by atoms with van der Waals surface area (Å²) in [5, 5.41) is 0. The van der Waals surface area contributed by atoms with Crippen molar-refractivity contribution in [2.45, 2.75) is 32.1 Å². The fourth-order valence-corrected chi connectivity index (χ4v) is 4.79. The Labute approximate surface area is 178 Å². The smallest absolute Gasteiger partial charge is 0.226 e. The molecule has 4 nitrogen and oxygen atoms in total.